The molecule has 0 aliphatic rings. The molecule has 2 N–H and O–H groups in total. The zero-order valence-electron chi connectivity index (χ0n) is 10.7. The number of nitrogens with two attached hydrogens (primary N) is 1. The van der Waals surface area contributed by atoms with Gasteiger partial charge < -0.3 is 10.6 Å². The number of benzene rings is 1. The van der Waals surface area contributed by atoms with Crippen LogP contribution < -0.4 is 10.6 Å². The highest BCUT2D eigenvalue weighted by Crippen LogP contribution is 2.26. The van der Waals surface area contributed by atoms with Gasteiger partial charge in [-0.25, -0.2) is 0 Å². The third kappa shape index (κ3) is 2.59. The molecule has 19 heavy (non-hydrogen) atoms. The Labute approximate surface area is 115 Å². The first-order chi connectivity index (χ1) is 9.02. The summed E-state index contributed by atoms with van der Waals surface area (Å²) in [7, 11) is 1.68. The first-order valence-electron chi connectivity index (χ1n) is 5.67. The maximum Gasteiger partial charge on any atom is 0.268 e. The van der Waals surface area contributed by atoms with Crippen LogP contribution in [0.2, 0.25) is 0 Å². The van der Waals surface area contributed by atoms with Crippen molar-refractivity contribution in [2.24, 2.45) is 0 Å². The lowest BCUT2D eigenvalue weighted by molar-refractivity contribution is 0.0997. The predicted molar refractivity (Wildman–Crippen MR) is 77.4 cm³/mol. The third-order valence-electron chi connectivity index (χ3n) is 2.83. The monoisotopic (exact) mass is 271 g/mol. The molecule has 0 radical (unpaired) electrons. The molecule has 1 heterocycles. The number of nitrogen functional groups attached to an aromatic ring is 1. The van der Waals surface area contributed by atoms with Gasteiger partial charge in [0.15, 0.2) is 0 Å². The summed E-state index contributed by atoms with van der Waals surface area (Å²) in [4.78, 5) is 15.4. The minimum Gasteiger partial charge on any atom is -0.398 e. The molecule has 96 valence electrons. The van der Waals surface area contributed by atoms with Crippen LogP contribution in [0.15, 0.2) is 30.3 Å². The Morgan fingerprint density at radius 3 is 2.74 bits per heavy atom. The van der Waals surface area contributed by atoms with Crippen molar-refractivity contribution in [1.29, 1.82) is 5.26 Å². The summed E-state index contributed by atoms with van der Waals surface area (Å²) >= 11 is 1.37. The van der Waals surface area contributed by atoms with Crippen LogP contribution in [0.3, 0.4) is 0 Å². The second-order valence-corrected chi connectivity index (χ2v) is 5.40. The van der Waals surface area contributed by atoms with E-state index in [1.807, 2.05) is 6.92 Å². The van der Waals surface area contributed by atoms with Crippen molar-refractivity contribution in [2.45, 2.75) is 6.92 Å². The molecule has 1 amide bonds. The average Bonchev–Trinajstić information content (AvgIpc) is 2.77. The van der Waals surface area contributed by atoms with Crippen molar-refractivity contribution in [1.82, 2.24) is 0 Å². The minimum absolute atomic E-state index is 0.125. The van der Waals surface area contributed by atoms with E-state index in [9.17, 15) is 4.79 Å². The molecule has 1 aromatic carbocycles. The zero-order chi connectivity index (χ0) is 14.0. The van der Waals surface area contributed by atoms with E-state index >= 15 is 0 Å². The molecule has 2 rings (SSSR count). The van der Waals surface area contributed by atoms with E-state index in [0.29, 0.717) is 21.8 Å². The normalized spacial score (nSPS) is 9.95. The number of rotatable bonds is 2. The molecule has 0 atom stereocenters. The second-order valence-electron chi connectivity index (χ2n) is 4.15. The summed E-state index contributed by atoms with van der Waals surface area (Å²) in [6.45, 7) is 1.88. The van der Waals surface area contributed by atoms with Crippen LogP contribution in [0.5, 0.6) is 0 Å². The van der Waals surface area contributed by atoms with Crippen molar-refractivity contribution < 1.29 is 4.79 Å². The van der Waals surface area contributed by atoms with Gasteiger partial charge in [0, 0.05) is 23.3 Å². The van der Waals surface area contributed by atoms with Crippen LogP contribution >= 0.6 is 11.3 Å². The van der Waals surface area contributed by atoms with E-state index in [-0.39, 0.29) is 5.91 Å². The Kier molecular flexibility index (Phi) is 3.54. The largest absolute Gasteiger partial charge is 0.398 e. The van der Waals surface area contributed by atoms with Gasteiger partial charge >= 0.3 is 0 Å². The molecule has 0 unspecified atom stereocenters. The average molecular weight is 271 g/mol. The Bertz CT molecular complexity index is 650. The van der Waals surface area contributed by atoms with Crippen LogP contribution in [0, 0.1) is 18.3 Å². The van der Waals surface area contributed by atoms with Gasteiger partial charge in [0.1, 0.15) is 0 Å². The SMILES string of the molecule is Cc1sc(C(=O)N(C)c2cccc(C#N)c2)cc1N. The number of hydrogen-bond donors (Lipinski definition) is 1. The van der Waals surface area contributed by atoms with Gasteiger partial charge in [-0.1, -0.05) is 6.07 Å². The number of thiophene rings is 1. The lowest BCUT2D eigenvalue weighted by atomic mass is 10.2. The fourth-order valence-electron chi connectivity index (χ4n) is 1.67. The molecule has 5 heteroatoms. The number of hydrogen-bond acceptors (Lipinski definition) is 4. The van der Waals surface area contributed by atoms with Gasteiger partial charge in [0.2, 0.25) is 0 Å². The molecule has 0 fully saturated rings. The number of nitriles is 1. The van der Waals surface area contributed by atoms with Crippen LogP contribution in [-0.4, -0.2) is 13.0 Å². The molecule has 4 nitrogen and oxygen atoms in total. The summed E-state index contributed by atoms with van der Waals surface area (Å²) in [5.74, 6) is -0.125. The van der Waals surface area contributed by atoms with E-state index in [0.717, 1.165) is 4.88 Å². The fraction of sp³-hybridized carbons (Fsp3) is 0.143. The van der Waals surface area contributed by atoms with E-state index in [1.54, 1.807) is 37.4 Å². The predicted octanol–water partition coefficient (Wildman–Crippen LogP) is 2.79. The first kappa shape index (κ1) is 13.1. The van der Waals surface area contributed by atoms with Crippen molar-refractivity contribution >= 4 is 28.6 Å². The maximum absolute atomic E-state index is 12.3. The Balaban J connectivity index is 2.30. The summed E-state index contributed by atoms with van der Waals surface area (Å²) in [5.41, 5.74) is 7.61. The van der Waals surface area contributed by atoms with Crippen LogP contribution in [0.25, 0.3) is 0 Å². The number of nitrogens with zero attached hydrogens (tertiary/aromatic N) is 2. The van der Waals surface area contributed by atoms with Gasteiger partial charge in [-0.2, -0.15) is 5.26 Å². The Hall–Kier alpha value is -2.32. The van der Waals surface area contributed by atoms with Crippen LogP contribution in [0.4, 0.5) is 11.4 Å². The van der Waals surface area contributed by atoms with E-state index in [1.165, 1.54) is 16.2 Å². The second kappa shape index (κ2) is 5.12. The Morgan fingerprint density at radius 1 is 1.42 bits per heavy atom. The quantitative estimate of drug-likeness (QED) is 0.913. The highest BCUT2D eigenvalue weighted by Gasteiger charge is 2.17. The smallest absolute Gasteiger partial charge is 0.268 e. The molecule has 0 aliphatic heterocycles. The summed E-state index contributed by atoms with van der Waals surface area (Å²) < 4.78 is 0. The lowest BCUT2D eigenvalue weighted by Gasteiger charge is -2.16. The van der Waals surface area contributed by atoms with Crippen molar-refractivity contribution in [3.05, 3.63) is 45.6 Å². The van der Waals surface area contributed by atoms with Gasteiger partial charge in [-0.05, 0) is 31.2 Å². The summed E-state index contributed by atoms with van der Waals surface area (Å²) in [6.07, 6.45) is 0. The highest BCUT2D eigenvalue weighted by molar-refractivity contribution is 7.14. The van der Waals surface area contributed by atoms with E-state index < -0.39 is 0 Å². The first-order valence-corrected chi connectivity index (χ1v) is 6.48. The van der Waals surface area contributed by atoms with Crippen molar-refractivity contribution in [3.8, 4) is 6.07 Å². The standard InChI is InChI=1S/C14H13N3OS/c1-9-12(16)7-13(19-9)14(18)17(2)11-5-3-4-10(6-11)8-15/h3-7H,16H2,1-2H3. The molecule has 0 bridgehead atoms. The number of anilines is 2. The van der Waals surface area contributed by atoms with E-state index in [2.05, 4.69) is 6.07 Å². The van der Waals surface area contributed by atoms with Crippen molar-refractivity contribution in [3.63, 3.8) is 0 Å². The molecular weight excluding hydrogens is 258 g/mol. The number of amides is 1. The molecule has 0 saturated carbocycles. The van der Waals surface area contributed by atoms with Gasteiger partial charge in [0.05, 0.1) is 16.5 Å². The van der Waals surface area contributed by atoms with Crippen LogP contribution in [-0.2, 0) is 0 Å². The Morgan fingerprint density at radius 2 is 2.16 bits per heavy atom. The molecule has 0 aliphatic carbocycles. The number of carbonyl (C=O) groups excluding carboxylic acids is 1. The topological polar surface area (TPSA) is 70.1 Å². The summed E-state index contributed by atoms with van der Waals surface area (Å²) in [6, 6.07) is 10.7. The van der Waals surface area contributed by atoms with Gasteiger partial charge in [-0.15, -0.1) is 11.3 Å². The molecule has 0 spiro atoms. The van der Waals surface area contributed by atoms with Crippen molar-refractivity contribution in [2.75, 3.05) is 17.7 Å². The zero-order valence-corrected chi connectivity index (χ0v) is 11.5. The molecule has 2 aromatic rings. The van der Waals surface area contributed by atoms with Crippen LogP contribution in [0.1, 0.15) is 20.1 Å². The lowest BCUT2D eigenvalue weighted by Crippen LogP contribution is -2.25. The molecular formula is C14H13N3OS. The number of carbonyl (C=O) groups is 1. The highest BCUT2D eigenvalue weighted by atomic mass is 32.1. The van der Waals surface area contributed by atoms with Gasteiger partial charge in [-0.3, -0.25) is 4.79 Å². The maximum atomic E-state index is 12.3. The number of aryl methyl sites for hydroxylation is 1. The molecule has 0 saturated heterocycles. The summed E-state index contributed by atoms with van der Waals surface area (Å²) in [5, 5.41) is 8.87. The molecule has 1 aromatic heterocycles. The third-order valence-corrected chi connectivity index (χ3v) is 3.89. The minimum atomic E-state index is -0.125. The van der Waals surface area contributed by atoms with Gasteiger partial charge in [0.25, 0.3) is 5.91 Å². The van der Waals surface area contributed by atoms with E-state index in [4.69, 9.17) is 11.0 Å². The fourth-order valence-corrected chi connectivity index (χ4v) is 2.58.